The van der Waals surface area contributed by atoms with Gasteiger partial charge in [0.15, 0.2) is 0 Å². The van der Waals surface area contributed by atoms with E-state index in [9.17, 15) is 0 Å². The van der Waals surface area contributed by atoms with Crippen molar-refractivity contribution < 1.29 is 5.11 Å². The molecule has 0 unspecified atom stereocenters. The lowest BCUT2D eigenvalue weighted by molar-refractivity contribution is 0.343. The Hall–Kier alpha value is -0.310. The lowest BCUT2D eigenvalue weighted by Gasteiger charge is -1.79. The standard InChI is InChI=1S/C7H7ClOS/c8-7-4-3-6(10-7)2-1-5-9/h1-4,9H,5H2. The Kier molecular flexibility index (Phi) is 2.93. The number of aliphatic hydroxyl groups excluding tert-OH is 1. The molecule has 0 radical (unpaired) electrons. The van der Waals surface area contributed by atoms with Crippen molar-refractivity contribution in [2.75, 3.05) is 6.61 Å². The summed E-state index contributed by atoms with van der Waals surface area (Å²) in [5.41, 5.74) is 0. The smallest absolute Gasteiger partial charge is 0.0934 e. The van der Waals surface area contributed by atoms with Crippen molar-refractivity contribution in [2.24, 2.45) is 0 Å². The lowest BCUT2D eigenvalue weighted by atomic mass is 10.4. The molecular weight excluding hydrogens is 168 g/mol. The highest BCUT2D eigenvalue weighted by Gasteiger charge is 1.90. The van der Waals surface area contributed by atoms with Crippen molar-refractivity contribution in [2.45, 2.75) is 0 Å². The summed E-state index contributed by atoms with van der Waals surface area (Å²) in [7, 11) is 0. The van der Waals surface area contributed by atoms with E-state index < -0.39 is 0 Å². The Balaban J connectivity index is 2.67. The maximum Gasteiger partial charge on any atom is 0.0934 e. The van der Waals surface area contributed by atoms with E-state index in [1.54, 1.807) is 6.08 Å². The van der Waals surface area contributed by atoms with Gasteiger partial charge in [-0.1, -0.05) is 17.7 Å². The van der Waals surface area contributed by atoms with Crippen LogP contribution in [0.3, 0.4) is 0 Å². The quantitative estimate of drug-likeness (QED) is 0.730. The second-order valence-electron chi connectivity index (χ2n) is 1.73. The Bertz CT molecular complexity index is 229. The molecule has 1 aromatic heterocycles. The van der Waals surface area contributed by atoms with Crippen molar-refractivity contribution in [3.8, 4) is 0 Å². The van der Waals surface area contributed by atoms with Gasteiger partial charge < -0.3 is 5.11 Å². The van der Waals surface area contributed by atoms with Crippen molar-refractivity contribution in [1.29, 1.82) is 0 Å². The highest BCUT2D eigenvalue weighted by Crippen LogP contribution is 2.22. The first kappa shape index (κ1) is 7.79. The number of thiophene rings is 1. The number of hydrogen-bond donors (Lipinski definition) is 1. The van der Waals surface area contributed by atoms with Gasteiger partial charge in [0.05, 0.1) is 10.9 Å². The Labute approximate surface area is 68.6 Å². The summed E-state index contributed by atoms with van der Waals surface area (Å²) in [6.07, 6.45) is 3.53. The van der Waals surface area contributed by atoms with E-state index in [4.69, 9.17) is 16.7 Å². The maximum absolute atomic E-state index is 8.42. The van der Waals surface area contributed by atoms with E-state index >= 15 is 0 Å². The summed E-state index contributed by atoms with van der Waals surface area (Å²) >= 11 is 7.16. The average molecular weight is 175 g/mol. The van der Waals surface area contributed by atoms with Crippen LogP contribution >= 0.6 is 22.9 Å². The molecule has 0 amide bonds. The molecule has 0 spiro atoms. The Morgan fingerprint density at radius 3 is 2.90 bits per heavy atom. The third kappa shape index (κ3) is 2.14. The van der Waals surface area contributed by atoms with Crippen LogP contribution < -0.4 is 0 Å². The highest BCUT2D eigenvalue weighted by atomic mass is 35.5. The number of rotatable bonds is 2. The second kappa shape index (κ2) is 3.76. The van der Waals surface area contributed by atoms with Crippen LogP contribution in [0.15, 0.2) is 18.2 Å². The van der Waals surface area contributed by atoms with Crippen LogP contribution in [-0.4, -0.2) is 11.7 Å². The van der Waals surface area contributed by atoms with Gasteiger partial charge in [0.25, 0.3) is 0 Å². The van der Waals surface area contributed by atoms with E-state index in [1.807, 2.05) is 18.2 Å². The van der Waals surface area contributed by atoms with Gasteiger partial charge in [-0.25, -0.2) is 0 Å². The Morgan fingerprint density at radius 1 is 1.60 bits per heavy atom. The first-order valence-corrected chi connectivity index (χ1v) is 4.05. The van der Waals surface area contributed by atoms with Crippen molar-refractivity contribution >= 4 is 29.0 Å². The van der Waals surface area contributed by atoms with E-state index in [-0.39, 0.29) is 6.61 Å². The first-order valence-electron chi connectivity index (χ1n) is 2.85. The zero-order valence-corrected chi connectivity index (χ0v) is 6.82. The molecule has 0 saturated carbocycles. The summed E-state index contributed by atoms with van der Waals surface area (Å²) in [4.78, 5) is 1.07. The molecule has 0 aliphatic heterocycles. The van der Waals surface area contributed by atoms with E-state index in [0.29, 0.717) is 0 Å². The monoisotopic (exact) mass is 174 g/mol. The van der Waals surface area contributed by atoms with Crippen LogP contribution in [0.5, 0.6) is 0 Å². The summed E-state index contributed by atoms with van der Waals surface area (Å²) in [5.74, 6) is 0. The SMILES string of the molecule is OCC=Cc1ccc(Cl)s1. The van der Waals surface area contributed by atoms with Gasteiger partial charge in [-0.2, -0.15) is 0 Å². The fourth-order valence-corrected chi connectivity index (χ4v) is 1.58. The fraction of sp³-hybridized carbons (Fsp3) is 0.143. The molecule has 1 rings (SSSR count). The zero-order chi connectivity index (χ0) is 7.40. The minimum Gasteiger partial charge on any atom is -0.392 e. The van der Waals surface area contributed by atoms with Crippen LogP contribution in [0.25, 0.3) is 6.08 Å². The highest BCUT2D eigenvalue weighted by molar-refractivity contribution is 7.16. The van der Waals surface area contributed by atoms with Gasteiger partial charge in [-0.15, -0.1) is 11.3 Å². The molecule has 0 fully saturated rings. The van der Waals surface area contributed by atoms with Crippen LogP contribution in [0, 0.1) is 0 Å². The largest absolute Gasteiger partial charge is 0.392 e. The molecule has 1 nitrogen and oxygen atoms in total. The van der Waals surface area contributed by atoms with Gasteiger partial charge >= 0.3 is 0 Å². The molecule has 1 heterocycles. The van der Waals surface area contributed by atoms with Gasteiger partial charge in [0, 0.05) is 4.88 Å². The summed E-state index contributed by atoms with van der Waals surface area (Å²) < 4.78 is 0.776. The topological polar surface area (TPSA) is 20.2 Å². The summed E-state index contributed by atoms with van der Waals surface area (Å²) in [6, 6.07) is 3.75. The molecule has 0 aliphatic rings. The number of aliphatic hydroxyl groups is 1. The normalized spacial score (nSPS) is 11.0. The van der Waals surface area contributed by atoms with E-state index in [1.165, 1.54) is 11.3 Å². The predicted octanol–water partition coefficient (Wildman–Crippen LogP) is 2.41. The molecule has 0 atom stereocenters. The van der Waals surface area contributed by atoms with E-state index in [0.717, 1.165) is 9.21 Å². The van der Waals surface area contributed by atoms with Crippen LogP contribution in [0.4, 0.5) is 0 Å². The van der Waals surface area contributed by atoms with Crippen LogP contribution in [0.1, 0.15) is 4.88 Å². The van der Waals surface area contributed by atoms with Crippen LogP contribution in [-0.2, 0) is 0 Å². The predicted molar refractivity (Wildman–Crippen MR) is 45.4 cm³/mol. The zero-order valence-electron chi connectivity index (χ0n) is 5.25. The molecule has 0 bridgehead atoms. The molecule has 10 heavy (non-hydrogen) atoms. The Morgan fingerprint density at radius 2 is 2.40 bits per heavy atom. The molecule has 0 saturated heterocycles. The van der Waals surface area contributed by atoms with Crippen molar-refractivity contribution in [3.63, 3.8) is 0 Å². The number of halogens is 1. The molecular formula is C7H7ClOS. The average Bonchev–Trinajstić information content (AvgIpc) is 2.31. The van der Waals surface area contributed by atoms with E-state index in [2.05, 4.69) is 0 Å². The fourth-order valence-electron chi connectivity index (χ4n) is 0.587. The van der Waals surface area contributed by atoms with Crippen LogP contribution in [0.2, 0.25) is 4.34 Å². The molecule has 0 aliphatic carbocycles. The first-order chi connectivity index (χ1) is 4.83. The molecule has 1 N–H and O–H groups in total. The summed E-state index contributed by atoms with van der Waals surface area (Å²) in [6.45, 7) is 0.0789. The van der Waals surface area contributed by atoms with Crippen molar-refractivity contribution in [1.82, 2.24) is 0 Å². The minimum atomic E-state index is 0.0789. The van der Waals surface area contributed by atoms with Gasteiger partial charge in [-0.05, 0) is 18.2 Å². The molecule has 54 valence electrons. The lowest BCUT2D eigenvalue weighted by Crippen LogP contribution is -1.68. The minimum absolute atomic E-state index is 0.0789. The van der Waals surface area contributed by atoms with Gasteiger partial charge in [0.2, 0.25) is 0 Å². The molecule has 0 aromatic carbocycles. The third-order valence-corrected chi connectivity index (χ3v) is 2.18. The third-order valence-electron chi connectivity index (χ3n) is 0.982. The summed E-state index contributed by atoms with van der Waals surface area (Å²) in [5, 5.41) is 8.42. The molecule has 1 aromatic rings. The van der Waals surface area contributed by atoms with Gasteiger partial charge in [-0.3, -0.25) is 0 Å². The number of hydrogen-bond acceptors (Lipinski definition) is 2. The van der Waals surface area contributed by atoms with Gasteiger partial charge in [0.1, 0.15) is 0 Å². The molecule has 3 heteroatoms. The maximum atomic E-state index is 8.42. The second-order valence-corrected chi connectivity index (χ2v) is 3.47. The van der Waals surface area contributed by atoms with Crippen molar-refractivity contribution in [3.05, 3.63) is 27.4 Å².